The Morgan fingerprint density at radius 2 is 1.41 bits per heavy atom. The summed E-state index contributed by atoms with van der Waals surface area (Å²) in [6.45, 7) is 14.7. The summed E-state index contributed by atoms with van der Waals surface area (Å²) in [4.78, 5) is 77.5. The third-order valence-electron chi connectivity index (χ3n) is 10.2. The van der Waals surface area contributed by atoms with E-state index in [1.807, 2.05) is 0 Å². The molecule has 1 saturated heterocycles. The SMILES string of the molecule is C=C(C)[C@@]1(O)[C@H](OC(C)=O)[C@@H](OC(C)=O)[C@@]23[C@H](OC(=O)CC)[C@@H](CC[C@H]2[C@@]2(C)OC(=O)C[C@@H]21)[C@](C)(OC(C)=O)[C@@H]3OC(C)=O. The Balaban J connectivity index is 2.23. The van der Waals surface area contributed by atoms with Crippen LogP contribution in [-0.4, -0.2) is 82.1 Å². The molecule has 244 valence electrons. The molecule has 4 fully saturated rings. The standard InChI is InChI=1S/C31H42O13/c1-10-22(36)42-24-19-11-12-20-29(9)21(13-23(37)44-29)31(38,14(2)3)26(40-16(5)33)25(39-15(4)32)30(20,24)27(41-17(6)34)28(19,8)43-18(7)35/h19-21,24-27,38H,2,10-13H2,1,3-9H3/t19-,20+,21+,24-,25-,26-,27+,28+,29-,30+,31+/m1/s1. The van der Waals surface area contributed by atoms with E-state index in [9.17, 15) is 33.9 Å². The molecule has 2 bridgehead atoms. The molecule has 4 aliphatic rings. The van der Waals surface area contributed by atoms with Gasteiger partial charge in [0.15, 0.2) is 23.9 Å². The molecule has 44 heavy (non-hydrogen) atoms. The van der Waals surface area contributed by atoms with Crippen molar-refractivity contribution in [3.05, 3.63) is 12.2 Å². The summed E-state index contributed by atoms with van der Waals surface area (Å²) >= 11 is 0. The number of carbonyl (C=O) groups is 6. The summed E-state index contributed by atoms with van der Waals surface area (Å²) in [5.41, 5.74) is -7.32. The van der Waals surface area contributed by atoms with Crippen LogP contribution in [0.1, 0.15) is 81.1 Å². The number of aliphatic hydroxyl groups is 1. The minimum Gasteiger partial charge on any atom is -0.461 e. The molecule has 1 aliphatic heterocycles. The Morgan fingerprint density at radius 1 is 0.841 bits per heavy atom. The highest BCUT2D eigenvalue weighted by molar-refractivity contribution is 5.75. The molecular formula is C31H42O13. The predicted octanol–water partition coefficient (Wildman–Crippen LogP) is 2.09. The van der Waals surface area contributed by atoms with Gasteiger partial charge in [-0.2, -0.15) is 0 Å². The van der Waals surface area contributed by atoms with E-state index in [1.165, 1.54) is 13.8 Å². The number of esters is 6. The topological polar surface area (TPSA) is 178 Å². The second-order valence-corrected chi connectivity index (χ2v) is 12.8. The first-order valence-electron chi connectivity index (χ1n) is 14.8. The Morgan fingerprint density at radius 3 is 1.91 bits per heavy atom. The lowest BCUT2D eigenvalue weighted by Gasteiger charge is -2.54. The second-order valence-electron chi connectivity index (χ2n) is 12.8. The second kappa shape index (κ2) is 11.1. The molecule has 11 atom stereocenters. The van der Waals surface area contributed by atoms with Crippen LogP contribution in [0, 0.1) is 23.2 Å². The zero-order valence-corrected chi connectivity index (χ0v) is 26.4. The van der Waals surface area contributed by atoms with Crippen molar-refractivity contribution in [2.45, 2.75) is 122 Å². The Bertz CT molecular complexity index is 1290. The fraction of sp³-hybridized carbons (Fsp3) is 0.742. The normalized spacial score (nSPS) is 42.0. The van der Waals surface area contributed by atoms with Gasteiger partial charge in [0.2, 0.25) is 0 Å². The molecule has 0 aromatic carbocycles. The predicted molar refractivity (Wildman–Crippen MR) is 148 cm³/mol. The maximum atomic E-state index is 13.1. The third kappa shape index (κ3) is 4.69. The fourth-order valence-electron chi connectivity index (χ4n) is 8.97. The van der Waals surface area contributed by atoms with Crippen molar-refractivity contribution in [1.29, 1.82) is 0 Å². The number of ether oxygens (including phenoxy) is 6. The quantitative estimate of drug-likeness (QED) is 0.248. The van der Waals surface area contributed by atoms with E-state index < -0.39 is 100 Å². The molecule has 13 nitrogen and oxygen atoms in total. The first kappa shape index (κ1) is 33.4. The van der Waals surface area contributed by atoms with E-state index in [-0.39, 0.29) is 31.3 Å². The zero-order valence-electron chi connectivity index (χ0n) is 26.4. The van der Waals surface area contributed by atoms with Gasteiger partial charge in [-0.05, 0) is 39.2 Å². The monoisotopic (exact) mass is 622 g/mol. The van der Waals surface area contributed by atoms with Crippen LogP contribution in [0.15, 0.2) is 12.2 Å². The van der Waals surface area contributed by atoms with Gasteiger partial charge in [-0.15, -0.1) is 0 Å². The summed E-state index contributed by atoms with van der Waals surface area (Å²) in [5, 5.41) is 12.7. The maximum absolute atomic E-state index is 13.1. The van der Waals surface area contributed by atoms with Gasteiger partial charge >= 0.3 is 35.8 Å². The van der Waals surface area contributed by atoms with Gasteiger partial charge < -0.3 is 33.5 Å². The summed E-state index contributed by atoms with van der Waals surface area (Å²) in [6, 6.07) is 0. The van der Waals surface area contributed by atoms with Crippen molar-refractivity contribution in [3.8, 4) is 0 Å². The van der Waals surface area contributed by atoms with Crippen LogP contribution in [0.4, 0.5) is 0 Å². The molecule has 0 amide bonds. The molecule has 1 N–H and O–H groups in total. The Labute approximate surface area is 255 Å². The lowest BCUT2D eigenvalue weighted by atomic mass is 9.56. The average Bonchev–Trinajstić information content (AvgIpc) is 3.24. The molecule has 0 unspecified atom stereocenters. The average molecular weight is 623 g/mol. The van der Waals surface area contributed by atoms with E-state index in [1.54, 1.807) is 20.8 Å². The van der Waals surface area contributed by atoms with Crippen molar-refractivity contribution in [1.82, 2.24) is 0 Å². The molecule has 4 rings (SSSR count). The van der Waals surface area contributed by atoms with Gasteiger partial charge in [0.1, 0.15) is 17.3 Å². The summed E-state index contributed by atoms with van der Waals surface area (Å²) in [7, 11) is 0. The molecule has 1 heterocycles. The first-order valence-corrected chi connectivity index (χ1v) is 14.8. The molecule has 3 saturated carbocycles. The molecule has 13 heteroatoms. The highest BCUT2D eigenvalue weighted by Crippen LogP contribution is 2.71. The van der Waals surface area contributed by atoms with E-state index >= 15 is 0 Å². The lowest BCUT2D eigenvalue weighted by molar-refractivity contribution is -0.249. The summed E-state index contributed by atoms with van der Waals surface area (Å²) < 4.78 is 36.1. The smallest absolute Gasteiger partial charge is 0.306 e. The number of carbonyl (C=O) groups excluding carboxylic acids is 6. The van der Waals surface area contributed by atoms with Gasteiger partial charge in [-0.1, -0.05) is 13.5 Å². The molecular weight excluding hydrogens is 580 g/mol. The number of hydrogen-bond donors (Lipinski definition) is 1. The van der Waals surface area contributed by atoms with Gasteiger partial charge in [0.05, 0.1) is 11.8 Å². The Kier molecular flexibility index (Phi) is 8.47. The zero-order chi connectivity index (χ0) is 33.2. The van der Waals surface area contributed by atoms with Gasteiger partial charge in [0, 0.05) is 51.9 Å². The fourth-order valence-corrected chi connectivity index (χ4v) is 8.97. The van der Waals surface area contributed by atoms with Crippen molar-refractivity contribution in [2.75, 3.05) is 0 Å². The van der Waals surface area contributed by atoms with E-state index in [4.69, 9.17) is 28.4 Å². The number of hydrogen-bond acceptors (Lipinski definition) is 13. The van der Waals surface area contributed by atoms with Crippen molar-refractivity contribution >= 4 is 35.8 Å². The van der Waals surface area contributed by atoms with Crippen LogP contribution in [0.5, 0.6) is 0 Å². The van der Waals surface area contributed by atoms with Crippen LogP contribution in [0.3, 0.4) is 0 Å². The number of fused-ring (bicyclic) bond motifs is 3. The van der Waals surface area contributed by atoms with Gasteiger partial charge in [-0.25, -0.2) is 0 Å². The highest BCUT2D eigenvalue weighted by Gasteiger charge is 2.85. The van der Waals surface area contributed by atoms with Crippen molar-refractivity contribution in [3.63, 3.8) is 0 Å². The third-order valence-corrected chi connectivity index (χ3v) is 10.2. The molecule has 0 radical (unpaired) electrons. The van der Waals surface area contributed by atoms with Crippen LogP contribution in [0.25, 0.3) is 0 Å². The van der Waals surface area contributed by atoms with E-state index in [0.29, 0.717) is 0 Å². The van der Waals surface area contributed by atoms with E-state index in [2.05, 4.69) is 6.58 Å². The molecule has 1 spiro atoms. The summed E-state index contributed by atoms with van der Waals surface area (Å²) in [5.74, 6) is -7.47. The van der Waals surface area contributed by atoms with Gasteiger partial charge in [0.25, 0.3) is 0 Å². The van der Waals surface area contributed by atoms with Crippen LogP contribution >= 0.6 is 0 Å². The highest BCUT2D eigenvalue weighted by atomic mass is 16.6. The van der Waals surface area contributed by atoms with Crippen LogP contribution in [-0.2, 0) is 57.2 Å². The van der Waals surface area contributed by atoms with Crippen molar-refractivity contribution < 1.29 is 62.3 Å². The Hall–Kier alpha value is -3.48. The van der Waals surface area contributed by atoms with Crippen molar-refractivity contribution in [2.24, 2.45) is 23.2 Å². The summed E-state index contributed by atoms with van der Waals surface area (Å²) in [6.07, 6.45) is -6.20. The minimum absolute atomic E-state index is 0.0668. The van der Waals surface area contributed by atoms with Crippen LogP contribution < -0.4 is 0 Å². The molecule has 3 aliphatic carbocycles. The van der Waals surface area contributed by atoms with Gasteiger partial charge in [-0.3, -0.25) is 28.8 Å². The largest absolute Gasteiger partial charge is 0.461 e. The number of rotatable bonds is 7. The van der Waals surface area contributed by atoms with E-state index in [0.717, 1.165) is 20.8 Å². The maximum Gasteiger partial charge on any atom is 0.306 e. The minimum atomic E-state index is -2.24. The lowest BCUT2D eigenvalue weighted by Crippen LogP contribution is -2.67. The first-order chi connectivity index (χ1) is 20.3. The molecule has 0 aromatic rings. The molecule has 0 aromatic heterocycles. The van der Waals surface area contributed by atoms with Crippen LogP contribution in [0.2, 0.25) is 0 Å².